The van der Waals surface area contributed by atoms with Crippen LogP contribution >= 0.6 is 11.3 Å². The lowest BCUT2D eigenvalue weighted by Crippen LogP contribution is -2.32. The van der Waals surface area contributed by atoms with Crippen molar-refractivity contribution < 1.29 is 14.3 Å². The zero-order valence-corrected chi connectivity index (χ0v) is 14.4. The average Bonchev–Trinajstić information content (AvgIpc) is 3.02. The Morgan fingerprint density at radius 2 is 2.09 bits per heavy atom. The molecule has 2 N–H and O–H groups in total. The lowest BCUT2D eigenvalue weighted by Gasteiger charge is -2.17. The fourth-order valence-corrected chi connectivity index (χ4v) is 2.57. The number of nitrogens with zero attached hydrogens (tertiary/aromatic N) is 2. The van der Waals surface area contributed by atoms with Crippen molar-refractivity contribution in [2.24, 2.45) is 0 Å². The van der Waals surface area contributed by atoms with E-state index in [2.05, 4.69) is 20.8 Å². The third-order valence-corrected chi connectivity index (χ3v) is 4.15. The molecule has 7 nitrogen and oxygen atoms in total. The minimum atomic E-state index is -0.481. The zero-order valence-electron chi connectivity index (χ0n) is 13.5. The molecule has 0 saturated heterocycles. The molecule has 8 heteroatoms. The number of nitrogens with one attached hydrogen (secondary N) is 2. The quantitative estimate of drug-likeness (QED) is 0.808. The number of benzene rings is 1. The van der Waals surface area contributed by atoms with Gasteiger partial charge >= 0.3 is 0 Å². The number of carbonyl (C=O) groups is 1. The molecule has 0 fully saturated rings. The summed E-state index contributed by atoms with van der Waals surface area (Å²) in [5.74, 6) is 1.11. The van der Waals surface area contributed by atoms with E-state index in [9.17, 15) is 4.79 Å². The van der Waals surface area contributed by atoms with Gasteiger partial charge in [-0.05, 0) is 25.5 Å². The first-order chi connectivity index (χ1) is 11.1. The number of amides is 1. The number of aromatic nitrogens is 2. The van der Waals surface area contributed by atoms with Crippen molar-refractivity contribution in [3.8, 4) is 11.5 Å². The first-order valence-corrected chi connectivity index (χ1v) is 8.00. The van der Waals surface area contributed by atoms with Crippen LogP contribution in [0.3, 0.4) is 0 Å². The molecule has 1 amide bonds. The van der Waals surface area contributed by atoms with Gasteiger partial charge in [0.25, 0.3) is 0 Å². The number of aryl methyl sites for hydroxylation is 1. The highest BCUT2D eigenvalue weighted by atomic mass is 32.1. The Morgan fingerprint density at radius 3 is 2.70 bits per heavy atom. The van der Waals surface area contributed by atoms with E-state index in [4.69, 9.17) is 9.47 Å². The van der Waals surface area contributed by atoms with Crippen LogP contribution in [-0.4, -0.2) is 36.4 Å². The van der Waals surface area contributed by atoms with E-state index >= 15 is 0 Å². The van der Waals surface area contributed by atoms with Gasteiger partial charge in [0, 0.05) is 6.07 Å². The second-order valence-corrected chi connectivity index (χ2v) is 5.84. The van der Waals surface area contributed by atoms with Crippen LogP contribution in [0.15, 0.2) is 18.2 Å². The van der Waals surface area contributed by atoms with Gasteiger partial charge in [-0.1, -0.05) is 18.3 Å². The van der Waals surface area contributed by atoms with E-state index in [-0.39, 0.29) is 5.91 Å². The molecule has 0 saturated carbocycles. The standard InChI is InChI=1S/C15H20N4O3S/c1-5-13-18-19-15(23-13)17-14(20)9(2)16-11-8-10(21-3)6-7-12(11)22-4/h6-9,16H,5H2,1-4H3,(H,17,19,20). The fourth-order valence-electron chi connectivity index (χ4n) is 1.89. The number of anilines is 2. The Kier molecular flexibility index (Phi) is 5.75. The van der Waals surface area contributed by atoms with Gasteiger partial charge in [0.15, 0.2) is 0 Å². The van der Waals surface area contributed by atoms with E-state index in [1.165, 1.54) is 11.3 Å². The predicted octanol–water partition coefficient (Wildman–Crippen LogP) is 2.56. The van der Waals surface area contributed by atoms with Gasteiger partial charge < -0.3 is 14.8 Å². The maximum atomic E-state index is 12.3. The monoisotopic (exact) mass is 336 g/mol. The van der Waals surface area contributed by atoms with Crippen LogP contribution in [0.1, 0.15) is 18.9 Å². The van der Waals surface area contributed by atoms with E-state index in [0.29, 0.717) is 22.3 Å². The molecule has 0 aliphatic rings. The van der Waals surface area contributed by atoms with Crippen molar-refractivity contribution in [2.45, 2.75) is 26.3 Å². The van der Waals surface area contributed by atoms with Crippen LogP contribution in [0, 0.1) is 0 Å². The van der Waals surface area contributed by atoms with Crippen LogP contribution in [-0.2, 0) is 11.2 Å². The summed E-state index contributed by atoms with van der Waals surface area (Å²) in [6.07, 6.45) is 0.794. The number of hydrogen-bond acceptors (Lipinski definition) is 7. The Labute approximate surface area is 139 Å². The van der Waals surface area contributed by atoms with Gasteiger partial charge in [0.2, 0.25) is 11.0 Å². The van der Waals surface area contributed by atoms with Crippen LogP contribution in [0.2, 0.25) is 0 Å². The van der Waals surface area contributed by atoms with Gasteiger partial charge in [-0.15, -0.1) is 10.2 Å². The predicted molar refractivity (Wildman–Crippen MR) is 90.5 cm³/mol. The minimum Gasteiger partial charge on any atom is -0.497 e. The average molecular weight is 336 g/mol. The summed E-state index contributed by atoms with van der Waals surface area (Å²) >= 11 is 1.37. The molecule has 1 unspecified atom stereocenters. The number of ether oxygens (including phenoxy) is 2. The number of methoxy groups -OCH3 is 2. The van der Waals surface area contributed by atoms with Crippen molar-refractivity contribution in [3.05, 3.63) is 23.2 Å². The molecule has 2 rings (SSSR count). The first kappa shape index (κ1) is 17.0. The number of hydrogen-bond donors (Lipinski definition) is 2. The normalized spacial score (nSPS) is 11.7. The fraction of sp³-hybridized carbons (Fsp3) is 0.400. The van der Waals surface area contributed by atoms with Crippen molar-refractivity contribution in [1.82, 2.24) is 10.2 Å². The molecule has 0 bridgehead atoms. The molecule has 23 heavy (non-hydrogen) atoms. The first-order valence-electron chi connectivity index (χ1n) is 7.19. The third-order valence-electron chi connectivity index (χ3n) is 3.17. The topological polar surface area (TPSA) is 85.4 Å². The SMILES string of the molecule is CCc1nnc(NC(=O)C(C)Nc2cc(OC)ccc2OC)s1. The van der Waals surface area contributed by atoms with E-state index in [0.717, 1.165) is 11.4 Å². The van der Waals surface area contributed by atoms with E-state index in [1.54, 1.807) is 39.3 Å². The maximum Gasteiger partial charge on any atom is 0.248 e. The van der Waals surface area contributed by atoms with E-state index in [1.807, 2.05) is 6.92 Å². The highest BCUT2D eigenvalue weighted by Crippen LogP contribution is 2.29. The molecule has 1 aromatic carbocycles. The van der Waals surface area contributed by atoms with Crippen molar-refractivity contribution >= 4 is 28.1 Å². The minimum absolute atomic E-state index is 0.200. The summed E-state index contributed by atoms with van der Waals surface area (Å²) in [6.45, 7) is 3.75. The molecule has 0 aliphatic heterocycles. The van der Waals surface area contributed by atoms with Crippen LogP contribution in [0.25, 0.3) is 0 Å². The molecule has 2 aromatic rings. The molecular weight excluding hydrogens is 316 g/mol. The van der Waals surface area contributed by atoms with Gasteiger partial charge in [-0.2, -0.15) is 0 Å². The molecule has 1 aromatic heterocycles. The molecule has 0 aliphatic carbocycles. The summed E-state index contributed by atoms with van der Waals surface area (Å²) < 4.78 is 10.5. The van der Waals surface area contributed by atoms with Gasteiger partial charge in [-0.25, -0.2) is 0 Å². The Morgan fingerprint density at radius 1 is 1.30 bits per heavy atom. The van der Waals surface area contributed by atoms with Crippen LogP contribution < -0.4 is 20.1 Å². The summed E-state index contributed by atoms with van der Waals surface area (Å²) in [5, 5.41) is 15.2. The van der Waals surface area contributed by atoms with Crippen molar-refractivity contribution in [3.63, 3.8) is 0 Å². The summed E-state index contributed by atoms with van der Waals surface area (Å²) in [5.41, 5.74) is 0.681. The van der Waals surface area contributed by atoms with E-state index < -0.39 is 6.04 Å². The maximum absolute atomic E-state index is 12.3. The molecule has 1 heterocycles. The molecule has 124 valence electrons. The van der Waals surface area contributed by atoms with Gasteiger partial charge in [-0.3, -0.25) is 10.1 Å². The van der Waals surface area contributed by atoms with Crippen molar-refractivity contribution in [2.75, 3.05) is 24.9 Å². The van der Waals surface area contributed by atoms with Crippen molar-refractivity contribution in [1.29, 1.82) is 0 Å². The largest absolute Gasteiger partial charge is 0.497 e. The molecule has 0 spiro atoms. The van der Waals surface area contributed by atoms with Gasteiger partial charge in [0.1, 0.15) is 22.5 Å². The summed E-state index contributed by atoms with van der Waals surface area (Å²) in [4.78, 5) is 12.3. The smallest absolute Gasteiger partial charge is 0.248 e. The number of rotatable bonds is 7. The Balaban J connectivity index is 2.05. The second kappa shape index (κ2) is 7.77. The zero-order chi connectivity index (χ0) is 16.8. The highest BCUT2D eigenvalue weighted by molar-refractivity contribution is 7.15. The van der Waals surface area contributed by atoms with Crippen LogP contribution in [0.4, 0.5) is 10.8 Å². The highest BCUT2D eigenvalue weighted by Gasteiger charge is 2.17. The second-order valence-electron chi connectivity index (χ2n) is 4.78. The lowest BCUT2D eigenvalue weighted by atomic mass is 10.2. The Bertz CT molecular complexity index is 674. The number of carbonyl (C=O) groups excluding carboxylic acids is 1. The molecule has 0 radical (unpaired) electrons. The third kappa shape index (κ3) is 4.32. The lowest BCUT2D eigenvalue weighted by molar-refractivity contribution is -0.116. The Hall–Kier alpha value is -2.35. The molecular formula is C15H20N4O3S. The van der Waals surface area contributed by atoms with Gasteiger partial charge in [0.05, 0.1) is 19.9 Å². The van der Waals surface area contributed by atoms with Crippen LogP contribution in [0.5, 0.6) is 11.5 Å². The summed E-state index contributed by atoms with van der Waals surface area (Å²) in [7, 11) is 3.16. The summed E-state index contributed by atoms with van der Waals surface area (Å²) in [6, 6.07) is 4.87. The molecule has 1 atom stereocenters.